The maximum Gasteiger partial charge on any atom is -1.00 e. The summed E-state index contributed by atoms with van der Waals surface area (Å²) in [5.41, 5.74) is 4.56. The van der Waals surface area contributed by atoms with Crippen molar-refractivity contribution in [3.63, 3.8) is 0 Å². The smallest absolute Gasteiger partial charge is 1.00 e. The third-order valence-electron chi connectivity index (χ3n) is 9.21. The minimum atomic E-state index is 0. The molecule has 214 valence electrons. The van der Waals surface area contributed by atoms with Gasteiger partial charge in [0.25, 0.3) is 0 Å². The van der Waals surface area contributed by atoms with Crippen LogP contribution in [0.1, 0.15) is 169 Å². The minimum Gasteiger partial charge on any atom is -1.00 e. The predicted molar refractivity (Wildman–Crippen MR) is 153 cm³/mol. The molecule has 3 rings (SSSR count). The molecule has 2 fully saturated rings. The molecule has 1 nitrogen and oxygen atoms in total. The number of hydrogen-bond acceptors (Lipinski definition) is 0. The summed E-state index contributed by atoms with van der Waals surface area (Å²) in [5.74, 6) is 0.694. The van der Waals surface area contributed by atoms with E-state index in [-0.39, 0.29) is 24.8 Å². The molecule has 0 saturated heterocycles. The molecule has 4 heteroatoms. The van der Waals surface area contributed by atoms with Gasteiger partial charge >= 0.3 is 74.6 Å². The van der Waals surface area contributed by atoms with Gasteiger partial charge in [0.05, 0.1) is 0 Å². The summed E-state index contributed by atoms with van der Waals surface area (Å²) in [6, 6.07) is 1.38. The molecular weight excluding hydrogens is 529 g/mol. The van der Waals surface area contributed by atoms with Crippen molar-refractivity contribution in [2.24, 2.45) is 5.92 Å². The van der Waals surface area contributed by atoms with Crippen LogP contribution in [0.25, 0.3) is 5.32 Å². The first-order valence-electron chi connectivity index (χ1n) is 15.8. The van der Waals surface area contributed by atoms with E-state index in [0.717, 1.165) is 0 Å². The van der Waals surface area contributed by atoms with Gasteiger partial charge in [-0.15, -0.1) is 12.1 Å². The predicted octanol–water partition coefficient (Wildman–Crippen LogP) is 5.51. The van der Waals surface area contributed by atoms with Crippen molar-refractivity contribution in [1.82, 2.24) is 0 Å². The molecule has 0 heterocycles. The van der Waals surface area contributed by atoms with Gasteiger partial charge in [0, 0.05) is 0 Å². The number of allylic oxidation sites excluding steroid dienone is 4. The fourth-order valence-corrected chi connectivity index (χ4v) is 6.87. The number of nitrogens with zero attached hydrogens (tertiary/aromatic N) is 1. The van der Waals surface area contributed by atoms with E-state index in [1.807, 2.05) is 0 Å². The van der Waals surface area contributed by atoms with Crippen LogP contribution in [0, 0.1) is 5.92 Å². The van der Waals surface area contributed by atoms with E-state index in [4.69, 9.17) is 5.32 Å². The topological polar surface area (TPSA) is 14.1 Å². The molecule has 37 heavy (non-hydrogen) atoms. The minimum absolute atomic E-state index is 0. The zero-order valence-electron chi connectivity index (χ0n) is 25.0. The van der Waals surface area contributed by atoms with Gasteiger partial charge in [0.1, 0.15) is 0 Å². The average Bonchev–Trinajstić information content (AvgIpc) is 3.00. The van der Waals surface area contributed by atoms with Gasteiger partial charge in [-0.3, -0.25) is 0 Å². The molecule has 0 radical (unpaired) electrons. The van der Waals surface area contributed by atoms with Crippen molar-refractivity contribution in [3.8, 4) is 0 Å². The summed E-state index contributed by atoms with van der Waals surface area (Å²) >= 11 is 2.24. The maximum atomic E-state index is 5.45. The largest absolute Gasteiger partial charge is 1.00 e. The van der Waals surface area contributed by atoms with Crippen LogP contribution in [-0.2, 0) is 20.4 Å². The molecule has 1 atom stereocenters. The standard InChI is InChI=1S/C24H46N.C9H13.2ClH.Ti/c1-3-7-11-15-19-23(20-16-12-8-4-1)25-24-21-17-13-9-5-2-6-10-14-18-22-24;1-6-5-7(2)9(4)8(6)3;;;/h23-24H,1-22H2;6H,1-4H3;2*1H;/q-1;;;;+3/p-2. The van der Waals surface area contributed by atoms with Crippen LogP contribution in [0.3, 0.4) is 0 Å². The summed E-state index contributed by atoms with van der Waals surface area (Å²) in [6.45, 7) is 8.96. The van der Waals surface area contributed by atoms with Gasteiger partial charge in [-0.05, 0) is 0 Å². The van der Waals surface area contributed by atoms with Crippen LogP contribution in [0.5, 0.6) is 0 Å². The Morgan fingerprint density at radius 1 is 0.486 bits per heavy atom. The quantitative estimate of drug-likeness (QED) is 0.378. The third kappa shape index (κ3) is 15.9. The summed E-state index contributed by atoms with van der Waals surface area (Å²) in [4.78, 5) is 0. The van der Waals surface area contributed by atoms with E-state index in [9.17, 15) is 0 Å². The average molecular weight is 589 g/mol. The van der Waals surface area contributed by atoms with Crippen LogP contribution < -0.4 is 24.8 Å². The molecule has 1 unspecified atom stereocenters. The van der Waals surface area contributed by atoms with Crippen LogP contribution in [0.2, 0.25) is 0 Å². The van der Waals surface area contributed by atoms with Crippen molar-refractivity contribution >= 4 is 0 Å². The fraction of sp³-hybridized carbons (Fsp3) is 0.879. The molecule has 3 aliphatic carbocycles. The van der Waals surface area contributed by atoms with Crippen molar-refractivity contribution < 1.29 is 45.2 Å². The number of halogens is 2. The molecule has 0 amide bonds. The van der Waals surface area contributed by atoms with Crippen LogP contribution in [0.15, 0.2) is 20.6 Å². The second-order valence-electron chi connectivity index (χ2n) is 12.0. The van der Waals surface area contributed by atoms with Gasteiger partial charge in [-0.25, -0.2) is 0 Å². The van der Waals surface area contributed by atoms with Gasteiger partial charge < -0.3 is 30.1 Å². The molecule has 0 N–H and O–H groups in total. The second kappa shape index (κ2) is 23.4. The van der Waals surface area contributed by atoms with Gasteiger partial charge in [-0.2, -0.15) is 0 Å². The summed E-state index contributed by atoms with van der Waals surface area (Å²) in [5, 5.41) is 5.45. The van der Waals surface area contributed by atoms with Crippen molar-refractivity contribution in [2.45, 2.75) is 181 Å². The van der Waals surface area contributed by atoms with Crippen molar-refractivity contribution in [2.75, 3.05) is 0 Å². The van der Waals surface area contributed by atoms with Gasteiger partial charge in [0.2, 0.25) is 0 Å². The van der Waals surface area contributed by atoms with Gasteiger partial charge in [0.15, 0.2) is 0 Å². The van der Waals surface area contributed by atoms with Crippen molar-refractivity contribution in [3.05, 3.63) is 25.9 Å². The first-order chi connectivity index (χ1) is 17.0. The first-order valence-corrected chi connectivity index (χ1v) is 16.6. The van der Waals surface area contributed by atoms with E-state index in [1.54, 1.807) is 9.45 Å². The maximum absolute atomic E-state index is 5.45. The van der Waals surface area contributed by atoms with Crippen LogP contribution >= 0.6 is 0 Å². The molecule has 0 aromatic carbocycles. The van der Waals surface area contributed by atoms with E-state index in [1.165, 1.54) is 152 Å². The Labute approximate surface area is 256 Å². The summed E-state index contributed by atoms with van der Waals surface area (Å²) in [7, 11) is 0. The van der Waals surface area contributed by atoms with E-state index in [2.05, 4.69) is 48.1 Å². The molecule has 0 spiro atoms. The molecule has 2 saturated carbocycles. The number of rotatable bonds is 2. The monoisotopic (exact) mass is 587 g/mol. The molecule has 0 bridgehead atoms. The van der Waals surface area contributed by atoms with E-state index >= 15 is 0 Å². The van der Waals surface area contributed by atoms with Crippen LogP contribution in [0.4, 0.5) is 0 Å². The Bertz CT molecular complexity index is 554. The Morgan fingerprint density at radius 3 is 0.946 bits per heavy atom. The van der Waals surface area contributed by atoms with E-state index < -0.39 is 0 Å². The van der Waals surface area contributed by atoms with Gasteiger partial charge in [-0.1, -0.05) is 141 Å². The van der Waals surface area contributed by atoms with Crippen molar-refractivity contribution in [1.29, 1.82) is 0 Å². The first kappa shape index (κ1) is 37.7. The Kier molecular flexibility index (Phi) is 23.9. The zero-order chi connectivity index (χ0) is 25.3. The van der Waals surface area contributed by atoms with Crippen LogP contribution in [-0.4, -0.2) is 12.1 Å². The van der Waals surface area contributed by atoms with E-state index in [0.29, 0.717) is 18.0 Å². The fourth-order valence-electron chi connectivity index (χ4n) is 6.24. The zero-order valence-corrected chi connectivity index (χ0v) is 28.1. The Balaban J connectivity index is 0.000000913. The SMILES string of the molecule is C1CCCCCC([N-]C2CCCCCCCCCCC2)CCCCC1.CC1=C(C)C(C)[C]([Ti+3])=C1C.[Cl-].[Cl-]. The molecule has 0 aromatic rings. The molecular formula is C33H59Cl2NTi. The summed E-state index contributed by atoms with van der Waals surface area (Å²) in [6.07, 6.45) is 31.8. The second-order valence-corrected chi connectivity index (χ2v) is 12.9. The molecule has 0 aliphatic heterocycles. The Hall–Kier alpha value is 0.734. The molecule has 3 aliphatic rings. The third-order valence-corrected chi connectivity index (χ3v) is 10.5. The number of hydrogen-bond donors (Lipinski definition) is 0. The Morgan fingerprint density at radius 2 is 0.757 bits per heavy atom. The normalized spacial score (nSPS) is 24.8. The summed E-state index contributed by atoms with van der Waals surface area (Å²) < 4.78 is 1.55. The molecule has 0 aromatic heterocycles.